The van der Waals surface area contributed by atoms with Gasteiger partial charge in [-0.3, -0.25) is 4.99 Å². The van der Waals surface area contributed by atoms with Crippen molar-refractivity contribution in [2.45, 2.75) is 64.9 Å². The number of rotatable bonds is 7. The summed E-state index contributed by atoms with van der Waals surface area (Å²) in [6.07, 6.45) is 7.38. The number of hydrogen-bond donors (Lipinski definition) is 1. The Balaban J connectivity index is 1.18. The van der Waals surface area contributed by atoms with Gasteiger partial charge in [0.05, 0.1) is 5.69 Å². The van der Waals surface area contributed by atoms with Crippen LogP contribution in [0.25, 0.3) is 11.1 Å². The van der Waals surface area contributed by atoms with Crippen molar-refractivity contribution in [2.24, 2.45) is 21.7 Å². The molecule has 42 heavy (non-hydrogen) atoms. The second kappa shape index (κ2) is 9.56. The molecular formula is C36H36FN3O2. The smallest absolute Gasteiger partial charge is 0.159 e. The Kier molecular flexibility index (Phi) is 6.14. The van der Waals surface area contributed by atoms with Crippen LogP contribution in [0.1, 0.15) is 69.3 Å². The summed E-state index contributed by atoms with van der Waals surface area (Å²) in [5.41, 5.74) is 4.38. The van der Waals surface area contributed by atoms with Crippen LogP contribution in [0.4, 0.5) is 10.1 Å². The van der Waals surface area contributed by atoms with Gasteiger partial charge in [-0.05, 0) is 92.7 Å². The van der Waals surface area contributed by atoms with Crippen molar-refractivity contribution in [3.05, 3.63) is 102 Å². The van der Waals surface area contributed by atoms with Gasteiger partial charge in [0.25, 0.3) is 0 Å². The number of aliphatic hydroxyl groups is 1. The van der Waals surface area contributed by atoms with Crippen LogP contribution in [-0.4, -0.2) is 20.8 Å². The maximum Gasteiger partial charge on any atom is 0.159 e. The van der Waals surface area contributed by atoms with Crippen molar-refractivity contribution in [3.63, 3.8) is 0 Å². The summed E-state index contributed by atoms with van der Waals surface area (Å²) in [7, 11) is 0. The van der Waals surface area contributed by atoms with Crippen molar-refractivity contribution in [2.75, 3.05) is 0 Å². The molecule has 7 rings (SSSR count). The van der Waals surface area contributed by atoms with E-state index in [1.165, 1.54) is 11.3 Å². The van der Waals surface area contributed by atoms with Gasteiger partial charge in [0.2, 0.25) is 0 Å². The zero-order chi connectivity index (χ0) is 29.3. The van der Waals surface area contributed by atoms with E-state index in [0.717, 1.165) is 42.7 Å². The van der Waals surface area contributed by atoms with Crippen molar-refractivity contribution in [3.8, 4) is 22.6 Å². The fraction of sp³-hybridized carbons (Fsp3) is 0.361. The number of halogens is 1. The van der Waals surface area contributed by atoms with Gasteiger partial charge in [0.1, 0.15) is 22.9 Å². The zero-order valence-corrected chi connectivity index (χ0v) is 24.6. The molecule has 3 saturated carbocycles. The number of para-hydroxylation sites is 2. The lowest BCUT2D eigenvalue weighted by atomic mass is 9.72. The normalized spacial score (nSPS) is 26.9. The SMILES string of the molecule is CCC1CC(=Nc2cc(F)c(-c3cnc(C(C)(C)O)nc3)cc2C)C23CC2(C3)[C@H]1c1ccccc1Oc1ccccc1. The van der Waals surface area contributed by atoms with Gasteiger partial charge in [-0.2, -0.15) is 0 Å². The second-order valence-corrected chi connectivity index (χ2v) is 12.9. The molecule has 0 saturated heterocycles. The molecule has 3 aromatic carbocycles. The van der Waals surface area contributed by atoms with Crippen LogP contribution in [0.15, 0.2) is 84.1 Å². The number of aryl methyl sites for hydroxylation is 1. The maximum absolute atomic E-state index is 15.5. The van der Waals surface area contributed by atoms with Gasteiger partial charge in [-0.1, -0.05) is 49.7 Å². The van der Waals surface area contributed by atoms with Crippen LogP contribution in [0.2, 0.25) is 0 Å². The number of nitrogens with zero attached hydrogens (tertiary/aromatic N) is 3. The first-order chi connectivity index (χ1) is 20.1. The average Bonchev–Trinajstić information content (AvgIpc) is 3.84. The summed E-state index contributed by atoms with van der Waals surface area (Å²) < 4.78 is 21.9. The highest BCUT2D eigenvalue weighted by molar-refractivity contribution is 6.02. The Bertz CT molecular complexity index is 1690. The van der Waals surface area contributed by atoms with Gasteiger partial charge in [0, 0.05) is 40.7 Å². The summed E-state index contributed by atoms with van der Waals surface area (Å²) in [6, 6.07) is 21.9. The molecule has 0 bridgehead atoms. The lowest BCUT2D eigenvalue weighted by molar-refractivity contribution is 0.0687. The maximum atomic E-state index is 15.5. The summed E-state index contributed by atoms with van der Waals surface area (Å²) in [5.74, 6) is 2.63. The number of ether oxygens (including phenoxy) is 1. The van der Waals surface area contributed by atoms with E-state index in [2.05, 4.69) is 41.2 Å². The Morgan fingerprint density at radius 3 is 2.40 bits per heavy atom. The Hall–Kier alpha value is -3.90. The Morgan fingerprint density at radius 2 is 1.71 bits per heavy atom. The summed E-state index contributed by atoms with van der Waals surface area (Å²) >= 11 is 0. The highest BCUT2D eigenvalue weighted by Crippen LogP contribution is 2.94. The largest absolute Gasteiger partial charge is 0.457 e. The van der Waals surface area contributed by atoms with E-state index < -0.39 is 5.60 Å². The zero-order valence-electron chi connectivity index (χ0n) is 24.6. The highest BCUT2D eigenvalue weighted by atomic mass is 19.1. The third-order valence-corrected chi connectivity index (χ3v) is 9.81. The van der Waals surface area contributed by atoms with E-state index in [9.17, 15) is 5.11 Å². The quantitative estimate of drug-likeness (QED) is 0.245. The standard InChI is InChI=1S/C36H36FN3O2/c1-5-23-16-31(40-29-17-28(37)27(15-22(29)2)24-18-38-33(39-19-24)34(3,4)41)35-20-36(35,21-35)32(23)26-13-9-10-14-30(26)42-25-11-7-6-8-12-25/h6-15,17-19,23,32,41H,5,16,20-21H2,1-4H3/t23?,32-,35?,36?/m1/s1. The number of benzene rings is 3. The lowest BCUT2D eigenvalue weighted by Gasteiger charge is -2.33. The van der Waals surface area contributed by atoms with E-state index in [4.69, 9.17) is 9.73 Å². The first kappa shape index (κ1) is 27.0. The fourth-order valence-corrected chi connectivity index (χ4v) is 7.43. The second-order valence-electron chi connectivity index (χ2n) is 12.9. The van der Waals surface area contributed by atoms with E-state index in [0.29, 0.717) is 34.5 Å². The first-order valence-corrected chi connectivity index (χ1v) is 14.9. The van der Waals surface area contributed by atoms with Crippen molar-refractivity contribution in [1.29, 1.82) is 0 Å². The Labute approximate surface area is 246 Å². The van der Waals surface area contributed by atoms with Gasteiger partial charge >= 0.3 is 0 Å². The highest BCUT2D eigenvalue weighted by Gasteiger charge is 2.89. The van der Waals surface area contributed by atoms with Crippen molar-refractivity contribution >= 4 is 11.4 Å². The van der Waals surface area contributed by atoms with Crippen LogP contribution >= 0.6 is 0 Å². The third-order valence-electron chi connectivity index (χ3n) is 9.81. The molecule has 1 heterocycles. The van der Waals surface area contributed by atoms with E-state index in [1.54, 1.807) is 32.3 Å². The van der Waals surface area contributed by atoms with Crippen molar-refractivity contribution < 1.29 is 14.2 Å². The number of hydrogen-bond acceptors (Lipinski definition) is 5. The molecule has 5 nitrogen and oxygen atoms in total. The van der Waals surface area contributed by atoms with E-state index >= 15 is 4.39 Å². The van der Waals surface area contributed by atoms with Crippen molar-refractivity contribution in [1.82, 2.24) is 9.97 Å². The minimum absolute atomic E-state index is 0.131. The van der Waals surface area contributed by atoms with Gasteiger partial charge in [-0.15, -0.1) is 0 Å². The molecule has 0 aliphatic heterocycles. The Morgan fingerprint density at radius 1 is 1.02 bits per heavy atom. The number of aliphatic imine (C=N–C) groups is 1. The van der Waals surface area contributed by atoms with Crippen LogP contribution in [0.5, 0.6) is 11.5 Å². The number of aromatic nitrogens is 2. The summed E-state index contributed by atoms with van der Waals surface area (Å²) in [5, 5.41) is 10.2. The van der Waals surface area contributed by atoms with Crippen LogP contribution < -0.4 is 4.74 Å². The molecule has 4 aromatic rings. The van der Waals surface area contributed by atoms with E-state index in [1.807, 2.05) is 43.3 Å². The predicted octanol–water partition coefficient (Wildman–Crippen LogP) is 8.68. The summed E-state index contributed by atoms with van der Waals surface area (Å²) in [6.45, 7) is 7.51. The van der Waals surface area contributed by atoms with Crippen LogP contribution in [0, 0.1) is 29.5 Å². The van der Waals surface area contributed by atoms with Gasteiger partial charge in [-0.25, -0.2) is 14.4 Å². The third kappa shape index (κ3) is 4.27. The van der Waals surface area contributed by atoms with Crippen LogP contribution in [0.3, 0.4) is 0 Å². The molecule has 0 spiro atoms. The first-order valence-electron chi connectivity index (χ1n) is 14.9. The van der Waals surface area contributed by atoms with Crippen LogP contribution in [-0.2, 0) is 5.60 Å². The summed E-state index contributed by atoms with van der Waals surface area (Å²) in [4.78, 5) is 13.7. The molecule has 0 amide bonds. The van der Waals surface area contributed by atoms with Gasteiger partial charge in [0.15, 0.2) is 5.82 Å². The molecule has 3 aliphatic carbocycles. The molecule has 0 radical (unpaired) electrons. The molecule has 3 aliphatic rings. The average molecular weight is 562 g/mol. The minimum atomic E-state index is -1.15. The molecule has 1 unspecified atom stereocenters. The molecule has 214 valence electrons. The molecule has 2 atom stereocenters. The molecule has 1 aromatic heterocycles. The lowest BCUT2D eigenvalue weighted by Crippen LogP contribution is -2.26. The fourth-order valence-electron chi connectivity index (χ4n) is 7.43. The molecular weight excluding hydrogens is 525 g/mol. The van der Waals surface area contributed by atoms with Gasteiger partial charge < -0.3 is 9.84 Å². The predicted molar refractivity (Wildman–Crippen MR) is 163 cm³/mol. The van der Waals surface area contributed by atoms with E-state index in [-0.39, 0.29) is 16.6 Å². The molecule has 1 N–H and O–H groups in total. The topological polar surface area (TPSA) is 67.6 Å². The molecule has 3 fully saturated rings. The molecule has 6 heteroatoms. The minimum Gasteiger partial charge on any atom is -0.457 e. The monoisotopic (exact) mass is 561 g/mol.